The van der Waals surface area contributed by atoms with Crippen LogP contribution < -0.4 is 10.6 Å². The van der Waals surface area contributed by atoms with Gasteiger partial charge in [-0.3, -0.25) is 0 Å². The van der Waals surface area contributed by atoms with Gasteiger partial charge in [0.2, 0.25) is 0 Å². The topological polar surface area (TPSA) is 55.0 Å². The number of nitrogens with zero attached hydrogens (tertiary/aromatic N) is 3. The average Bonchev–Trinajstić information content (AvgIpc) is 2.29. The maximum absolute atomic E-state index is 12.8. The van der Waals surface area contributed by atoms with E-state index in [9.17, 15) is 4.39 Å². The summed E-state index contributed by atoms with van der Waals surface area (Å²) in [6.45, 7) is 0.524. The lowest BCUT2D eigenvalue weighted by atomic mass is 10.3. The molecule has 0 bridgehead atoms. The van der Waals surface area contributed by atoms with Crippen molar-refractivity contribution in [2.75, 3.05) is 17.7 Å². The van der Waals surface area contributed by atoms with Crippen molar-refractivity contribution in [3.63, 3.8) is 0 Å². The second-order valence-electron chi connectivity index (χ2n) is 3.73. The minimum atomic E-state index is -0.248. The molecule has 88 valence electrons. The Hall–Kier alpha value is -2.17. The molecular formula is C12H13FN4. The Bertz CT molecular complexity index is 498. The molecule has 1 aromatic heterocycles. The molecule has 17 heavy (non-hydrogen) atoms. The quantitative estimate of drug-likeness (QED) is 0.877. The van der Waals surface area contributed by atoms with Crippen molar-refractivity contribution in [2.45, 2.75) is 6.54 Å². The summed E-state index contributed by atoms with van der Waals surface area (Å²) in [5.74, 6) is 0.835. The van der Waals surface area contributed by atoms with Crippen molar-refractivity contribution < 1.29 is 4.39 Å². The smallest absolute Gasteiger partial charge is 0.149 e. The van der Waals surface area contributed by atoms with E-state index in [0.29, 0.717) is 18.2 Å². The predicted molar refractivity (Wildman–Crippen MR) is 65.0 cm³/mol. The van der Waals surface area contributed by atoms with E-state index in [1.165, 1.54) is 12.1 Å². The minimum Gasteiger partial charge on any atom is -0.384 e. The van der Waals surface area contributed by atoms with E-state index in [0.717, 1.165) is 5.69 Å². The highest BCUT2D eigenvalue weighted by Crippen LogP contribution is 2.14. The first kappa shape index (κ1) is 11.3. The van der Waals surface area contributed by atoms with E-state index in [4.69, 9.17) is 5.73 Å². The van der Waals surface area contributed by atoms with Gasteiger partial charge in [-0.15, -0.1) is 0 Å². The number of halogens is 1. The van der Waals surface area contributed by atoms with Crippen molar-refractivity contribution >= 4 is 11.5 Å². The molecule has 0 radical (unpaired) electrons. The van der Waals surface area contributed by atoms with E-state index < -0.39 is 0 Å². The Labute approximate surface area is 98.9 Å². The summed E-state index contributed by atoms with van der Waals surface area (Å²) in [7, 11) is 1.89. The second kappa shape index (κ2) is 4.78. The Kier molecular flexibility index (Phi) is 3.18. The summed E-state index contributed by atoms with van der Waals surface area (Å²) in [5, 5.41) is 0. The molecular weight excluding hydrogens is 219 g/mol. The second-order valence-corrected chi connectivity index (χ2v) is 3.73. The highest BCUT2D eigenvalue weighted by Gasteiger charge is 2.04. The van der Waals surface area contributed by atoms with Crippen molar-refractivity contribution in [3.8, 4) is 0 Å². The zero-order chi connectivity index (χ0) is 12.3. The van der Waals surface area contributed by atoms with E-state index in [1.807, 2.05) is 11.9 Å². The first-order chi connectivity index (χ1) is 8.15. The van der Waals surface area contributed by atoms with Gasteiger partial charge in [0.15, 0.2) is 0 Å². The number of hydrogen-bond acceptors (Lipinski definition) is 4. The summed E-state index contributed by atoms with van der Waals surface area (Å²) >= 11 is 0. The minimum absolute atomic E-state index is 0.248. The first-order valence-electron chi connectivity index (χ1n) is 5.19. The van der Waals surface area contributed by atoms with Crippen LogP contribution in [-0.2, 0) is 6.54 Å². The third-order valence-corrected chi connectivity index (χ3v) is 2.37. The molecule has 2 rings (SSSR count). The maximum Gasteiger partial charge on any atom is 0.149 e. The molecule has 0 aliphatic rings. The number of benzene rings is 1. The molecule has 2 N–H and O–H groups in total. The average molecular weight is 232 g/mol. The van der Waals surface area contributed by atoms with Crippen LogP contribution in [0.25, 0.3) is 0 Å². The van der Waals surface area contributed by atoms with E-state index in [2.05, 4.69) is 9.97 Å². The molecule has 0 atom stereocenters. The number of nitrogen functional groups attached to an aromatic ring is 1. The zero-order valence-corrected chi connectivity index (χ0v) is 9.47. The third-order valence-electron chi connectivity index (χ3n) is 2.37. The fraction of sp³-hybridized carbons (Fsp3) is 0.167. The summed E-state index contributed by atoms with van der Waals surface area (Å²) in [6.07, 6.45) is 1.62. The summed E-state index contributed by atoms with van der Waals surface area (Å²) in [5.41, 5.74) is 6.47. The largest absolute Gasteiger partial charge is 0.384 e. The van der Waals surface area contributed by atoms with Crippen molar-refractivity contribution in [2.24, 2.45) is 0 Å². The number of aromatic nitrogens is 2. The molecule has 0 aliphatic carbocycles. The molecule has 0 fully saturated rings. The SMILES string of the molecule is CN(Cc1nccc(N)n1)c1ccc(F)cc1. The van der Waals surface area contributed by atoms with Crippen LogP contribution in [0.15, 0.2) is 36.5 Å². The van der Waals surface area contributed by atoms with Gasteiger partial charge in [-0.1, -0.05) is 0 Å². The van der Waals surface area contributed by atoms with E-state index >= 15 is 0 Å². The van der Waals surface area contributed by atoms with Crippen LogP contribution in [0.4, 0.5) is 15.9 Å². The molecule has 0 saturated heterocycles. The zero-order valence-electron chi connectivity index (χ0n) is 9.47. The van der Waals surface area contributed by atoms with Crippen LogP contribution in [-0.4, -0.2) is 17.0 Å². The fourth-order valence-corrected chi connectivity index (χ4v) is 1.49. The molecule has 1 heterocycles. The maximum atomic E-state index is 12.8. The van der Waals surface area contributed by atoms with Crippen LogP contribution in [0.5, 0.6) is 0 Å². The van der Waals surface area contributed by atoms with Crippen molar-refractivity contribution in [1.29, 1.82) is 0 Å². The van der Waals surface area contributed by atoms with Crippen LogP contribution in [0, 0.1) is 5.82 Å². The van der Waals surface area contributed by atoms with Gasteiger partial charge in [-0.05, 0) is 30.3 Å². The molecule has 0 aliphatic heterocycles. The van der Waals surface area contributed by atoms with Gasteiger partial charge in [-0.2, -0.15) is 0 Å². The first-order valence-corrected chi connectivity index (χ1v) is 5.19. The highest BCUT2D eigenvalue weighted by molar-refractivity contribution is 5.45. The van der Waals surface area contributed by atoms with Crippen LogP contribution in [0.2, 0.25) is 0 Å². The molecule has 2 aromatic rings. The molecule has 1 aromatic carbocycles. The normalized spacial score (nSPS) is 10.2. The number of anilines is 2. The molecule has 0 saturated carbocycles. The molecule has 0 amide bonds. The number of rotatable bonds is 3. The van der Waals surface area contributed by atoms with Crippen molar-refractivity contribution in [3.05, 3.63) is 48.2 Å². The van der Waals surface area contributed by atoms with Crippen LogP contribution in [0.3, 0.4) is 0 Å². The molecule has 5 heteroatoms. The lowest BCUT2D eigenvalue weighted by Crippen LogP contribution is -2.18. The van der Waals surface area contributed by atoms with Gasteiger partial charge in [-0.25, -0.2) is 14.4 Å². The van der Waals surface area contributed by atoms with E-state index in [-0.39, 0.29) is 5.82 Å². The van der Waals surface area contributed by atoms with Gasteiger partial charge >= 0.3 is 0 Å². The fourth-order valence-electron chi connectivity index (χ4n) is 1.49. The third kappa shape index (κ3) is 2.90. The van der Waals surface area contributed by atoms with Gasteiger partial charge in [0, 0.05) is 18.9 Å². The lowest BCUT2D eigenvalue weighted by Gasteiger charge is -2.18. The highest BCUT2D eigenvalue weighted by atomic mass is 19.1. The Morgan fingerprint density at radius 1 is 1.24 bits per heavy atom. The Balaban J connectivity index is 2.11. The monoisotopic (exact) mass is 232 g/mol. The van der Waals surface area contributed by atoms with Gasteiger partial charge in [0.05, 0.1) is 6.54 Å². The van der Waals surface area contributed by atoms with Gasteiger partial charge in [0.25, 0.3) is 0 Å². The Morgan fingerprint density at radius 2 is 1.94 bits per heavy atom. The summed E-state index contributed by atoms with van der Waals surface area (Å²) < 4.78 is 12.8. The van der Waals surface area contributed by atoms with Crippen LogP contribution in [0.1, 0.15) is 5.82 Å². The molecule has 0 spiro atoms. The summed E-state index contributed by atoms with van der Waals surface area (Å²) in [6, 6.07) is 7.91. The molecule has 4 nitrogen and oxygen atoms in total. The van der Waals surface area contributed by atoms with E-state index in [1.54, 1.807) is 24.4 Å². The summed E-state index contributed by atoms with van der Waals surface area (Å²) in [4.78, 5) is 10.1. The van der Waals surface area contributed by atoms with Gasteiger partial charge in [0.1, 0.15) is 17.5 Å². The van der Waals surface area contributed by atoms with Crippen molar-refractivity contribution in [1.82, 2.24) is 9.97 Å². The number of hydrogen-bond donors (Lipinski definition) is 1. The Morgan fingerprint density at radius 3 is 2.59 bits per heavy atom. The van der Waals surface area contributed by atoms with Gasteiger partial charge < -0.3 is 10.6 Å². The predicted octanol–water partition coefficient (Wildman–Crippen LogP) is 1.83. The lowest BCUT2D eigenvalue weighted by molar-refractivity contribution is 0.627. The standard InChI is InChI=1S/C12H13FN4/c1-17(10-4-2-9(13)3-5-10)8-12-15-7-6-11(14)16-12/h2-7H,8H2,1H3,(H2,14,15,16). The van der Waals surface area contributed by atoms with Crippen LogP contribution >= 0.6 is 0 Å². The molecule has 0 unspecified atom stereocenters. The number of nitrogens with two attached hydrogens (primary N) is 1.